The van der Waals surface area contributed by atoms with Crippen LogP contribution in [0.3, 0.4) is 0 Å². The van der Waals surface area contributed by atoms with Crippen molar-refractivity contribution in [3.8, 4) is 0 Å². The molecule has 2 nitrogen and oxygen atoms in total. The third-order valence-electron chi connectivity index (χ3n) is 3.18. The van der Waals surface area contributed by atoms with E-state index < -0.39 is 0 Å². The molecule has 2 heteroatoms. The Kier molecular flexibility index (Phi) is 3.91. The van der Waals surface area contributed by atoms with Gasteiger partial charge in [-0.05, 0) is 31.6 Å². The van der Waals surface area contributed by atoms with Crippen molar-refractivity contribution in [2.24, 2.45) is 0 Å². The van der Waals surface area contributed by atoms with E-state index in [2.05, 4.69) is 0 Å². The van der Waals surface area contributed by atoms with E-state index in [0.717, 1.165) is 28.1 Å². The highest BCUT2D eigenvalue weighted by Gasteiger charge is 2.13. The van der Waals surface area contributed by atoms with Crippen LogP contribution in [-0.4, -0.2) is 18.7 Å². The van der Waals surface area contributed by atoms with Gasteiger partial charge in [0.2, 0.25) is 0 Å². The van der Waals surface area contributed by atoms with Gasteiger partial charge in [-0.15, -0.1) is 0 Å². The van der Waals surface area contributed by atoms with Gasteiger partial charge < -0.3 is 0 Å². The second-order valence-corrected chi connectivity index (χ2v) is 4.55. The van der Waals surface area contributed by atoms with E-state index in [1.54, 1.807) is 7.11 Å². The standard InChI is InChI=1S/C17H17O2/c1-12-4-6-15(7-5-12)17(18)13(2)14-8-10-16(19-3)11-9-14/h4-11H,1-3H3/q+1. The normalized spacial score (nSPS) is 13.6. The molecule has 0 bridgehead atoms. The average Bonchev–Trinajstić information content (AvgIpc) is 2.46. The van der Waals surface area contributed by atoms with Crippen molar-refractivity contribution in [3.05, 3.63) is 70.8 Å². The van der Waals surface area contributed by atoms with Gasteiger partial charge in [0.15, 0.2) is 5.78 Å². The van der Waals surface area contributed by atoms with Crippen molar-refractivity contribution in [1.29, 1.82) is 0 Å². The summed E-state index contributed by atoms with van der Waals surface area (Å²) in [6.07, 6.45) is 7.53. The first-order valence-electron chi connectivity index (χ1n) is 6.21. The quantitative estimate of drug-likeness (QED) is 0.451. The zero-order valence-corrected chi connectivity index (χ0v) is 11.4. The Hall–Kier alpha value is -2.22. The molecule has 0 radical (unpaired) electrons. The predicted octanol–water partition coefficient (Wildman–Crippen LogP) is 3.35. The molecule has 1 aromatic rings. The van der Waals surface area contributed by atoms with Gasteiger partial charge in [0.05, 0.1) is 0 Å². The highest BCUT2D eigenvalue weighted by molar-refractivity contribution is 6.10. The lowest BCUT2D eigenvalue weighted by molar-refractivity contribution is -0.417. The summed E-state index contributed by atoms with van der Waals surface area (Å²) < 4.78 is 5.11. The Balaban J connectivity index is 2.30. The number of carbonyl (C=O) groups is 1. The number of ketones is 2. The number of aryl methyl sites for hydroxylation is 1. The number of allylic oxidation sites excluding steroid dienone is 6. The van der Waals surface area contributed by atoms with Crippen LogP contribution in [0, 0.1) is 6.92 Å². The number of rotatable bonds is 2. The van der Waals surface area contributed by atoms with Crippen LogP contribution in [-0.2, 0) is 4.42 Å². The molecule has 0 fully saturated rings. The Labute approximate surface area is 113 Å². The monoisotopic (exact) mass is 253 g/mol. The van der Waals surface area contributed by atoms with Gasteiger partial charge in [-0.25, -0.2) is 0 Å². The van der Waals surface area contributed by atoms with E-state index in [4.69, 9.17) is 4.42 Å². The highest BCUT2D eigenvalue weighted by Crippen LogP contribution is 2.17. The van der Waals surface area contributed by atoms with E-state index >= 15 is 0 Å². The summed E-state index contributed by atoms with van der Waals surface area (Å²) in [5.41, 5.74) is 3.54. The van der Waals surface area contributed by atoms with E-state index in [9.17, 15) is 4.79 Å². The van der Waals surface area contributed by atoms with Crippen molar-refractivity contribution in [3.63, 3.8) is 0 Å². The van der Waals surface area contributed by atoms with Gasteiger partial charge in [0.1, 0.15) is 0 Å². The maximum Gasteiger partial charge on any atom is 0.343 e. The van der Waals surface area contributed by atoms with Crippen molar-refractivity contribution in [2.75, 3.05) is 7.11 Å². The zero-order valence-electron chi connectivity index (χ0n) is 11.4. The summed E-state index contributed by atoms with van der Waals surface area (Å²) in [4.78, 5) is 12.3. The largest absolute Gasteiger partial charge is 0.343 e. The summed E-state index contributed by atoms with van der Waals surface area (Å²) in [7, 11) is 1.63. The van der Waals surface area contributed by atoms with Gasteiger partial charge in [-0.1, -0.05) is 29.8 Å². The topological polar surface area (TPSA) is 28.4 Å². The Bertz CT molecular complexity index is 593. The van der Waals surface area contributed by atoms with Crippen LogP contribution in [0.4, 0.5) is 0 Å². The smallest absolute Gasteiger partial charge is 0.289 e. The second-order valence-electron chi connectivity index (χ2n) is 4.55. The van der Waals surface area contributed by atoms with Gasteiger partial charge >= 0.3 is 5.78 Å². The molecule has 1 aliphatic rings. The van der Waals surface area contributed by atoms with E-state index in [1.165, 1.54) is 0 Å². The Morgan fingerprint density at radius 2 is 1.58 bits per heavy atom. The SMILES string of the molecule is C[O+]=C1C=CC(=C(C)C(=O)c2ccc(C)cc2)C=C1. The number of hydrogen-bond acceptors (Lipinski definition) is 1. The molecule has 1 aromatic carbocycles. The minimum absolute atomic E-state index is 0.0603. The van der Waals surface area contributed by atoms with Crippen LogP contribution in [0.15, 0.2) is 59.7 Å². The minimum atomic E-state index is 0.0603. The third kappa shape index (κ3) is 2.97. The number of carbonyl (C=O) groups excluding carboxylic acids is 2. The highest BCUT2D eigenvalue weighted by atomic mass is 16.4. The lowest BCUT2D eigenvalue weighted by Gasteiger charge is -2.06. The molecule has 0 amide bonds. The number of benzene rings is 1. The van der Waals surface area contributed by atoms with Crippen LogP contribution >= 0.6 is 0 Å². The fourth-order valence-electron chi connectivity index (χ4n) is 1.89. The average molecular weight is 253 g/mol. The molecule has 0 atom stereocenters. The molecule has 2 rings (SSSR count). The first-order valence-corrected chi connectivity index (χ1v) is 6.21. The summed E-state index contributed by atoms with van der Waals surface area (Å²) >= 11 is 0. The maximum atomic E-state index is 12.3. The first-order chi connectivity index (χ1) is 9.11. The van der Waals surface area contributed by atoms with E-state index in [-0.39, 0.29) is 5.78 Å². The third-order valence-corrected chi connectivity index (χ3v) is 3.18. The molecule has 0 saturated carbocycles. The van der Waals surface area contributed by atoms with Gasteiger partial charge in [-0.2, -0.15) is 0 Å². The van der Waals surface area contributed by atoms with E-state index in [0.29, 0.717) is 0 Å². The molecule has 0 aliphatic heterocycles. The molecule has 0 spiro atoms. The number of Topliss-reactive ketones (excluding diaryl/α,β-unsaturated/α-hetero) is 1. The fraction of sp³-hybridized carbons (Fsp3) is 0.176. The van der Waals surface area contributed by atoms with Crippen LogP contribution in [0.2, 0.25) is 0 Å². The van der Waals surface area contributed by atoms with Gasteiger partial charge in [0.25, 0.3) is 7.11 Å². The maximum absolute atomic E-state index is 12.3. The molecule has 0 aromatic heterocycles. The second kappa shape index (κ2) is 5.61. The molecule has 0 unspecified atom stereocenters. The number of hydrogen-bond donors (Lipinski definition) is 0. The molecule has 19 heavy (non-hydrogen) atoms. The van der Waals surface area contributed by atoms with Crippen molar-refractivity contribution < 1.29 is 9.22 Å². The molecule has 0 heterocycles. The van der Waals surface area contributed by atoms with Gasteiger partial charge in [-0.3, -0.25) is 9.22 Å². The lowest BCUT2D eigenvalue weighted by atomic mass is 9.96. The molecular weight excluding hydrogens is 236 g/mol. The molecule has 0 N–H and O–H groups in total. The summed E-state index contributed by atoms with van der Waals surface area (Å²) in [6, 6.07) is 7.64. The van der Waals surface area contributed by atoms with E-state index in [1.807, 2.05) is 62.4 Å². The zero-order chi connectivity index (χ0) is 13.8. The van der Waals surface area contributed by atoms with Crippen molar-refractivity contribution >= 4 is 11.6 Å². The molecule has 0 saturated heterocycles. The Morgan fingerprint density at radius 1 is 1.00 bits per heavy atom. The molecular formula is C17H17O2+. The lowest BCUT2D eigenvalue weighted by Crippen LogP contribution is -2.05. The summed E-state index contributed by atoms with van der Waals surface area (Å²) in [6.45, 7) is 3.86. The van der Waals surface area contributed by atoms with Crippen LogP contribution < -0.4 is 0 Å². The Morgan fingerprint density at radius 3 is 2.11 bits per heavy atom. The van der Waals surface area contributed by atoms with Crippen molar-refractivity contribution in [2.45, 2.75) is 13.8 Å². The minimum Gasteiger partial charge on any atom is -0.289 e. The summed E-state index contributed by atoms with van der Waals surface area (Å²) in [5, 5.41) is 0. The molecule has 1 aliphatic carbocycles. The summed E-state index contributed by atoms with van der Waals surface area (Å²) in [5.74, 6) is 0.851. The van der Waals surface area contributed by atoms with Crippen LogP contribution in [0.1, 0.15) is 22.8 Å². The van der Waals surface area contributed by atoms with Crippen LogP contribution in [0.5, 0.6) is 0 Å². The van der Waals surface area contributed by atoms with Crippen LogP contribution in [0.25, 0.3) is 0 Å². The van der Waals surface area contributed by atoms with Crippen molar-refractivity contribution in [1.82, 2.24) is 0 Å². The fourth-order valence-corrected chi connectivity index (χ4v) is 1.89. The first kappa shape index (κ1) is 13.2. The predicted molar refractivity (Wildman–Crippen MR) is 77.4 cm³/mol. The van der Waals surface area contributed by atoms with Gasteiger partial charge in [0, 0.05) is 23.3 Å². The molecule has 96 valence electrons.